The number of nitrogens with two attached hydrogens (primary N) is 1. The predicted molar refractivity (Wildman–Crippen MR) is 83.8 cm³/mol. The third-order valence-corrected chi connectivity index (χ3v) is 4.55. The third-order valence-electron chi connectivity index (χ3n) is 4.55. The van der Waals surface area contributed by atoms with Crippen LogP contribution in [0.5, 0.6) is 0 Å². The summed E-state index contributed by atoms with van der Waals surface area (Å²) in [5, 5.41) is 3.53. The van der Waals surface area contributed by atoms with Crippen molar-refractivity contribution in [2.75, 3.05) is 31.7 Å². The lowest BCUT2D eigenvalue weighted by atomic mass is 9.96. The molecule has 1 aromatic heterocycles. The van der Waals surface area contributed by atoms with Crippen LogP contribution in [0.2, 0.25) is 0 Å². The Morgan fingerprint density at radius 2 is 2.00 bits per heavy atom. The number of nitrogens with zero attached hydrogens (tertiary/aromatic N) is 3. The van der Waals surface area contributed by atoms with Gasteiger partial charge in [-0.25, -0.2) is 9.97 Å². The Hall–Kier alpha value is -1.36. The molecule has 0 aliphatic heterocycles. The molecule has 1 aliphatic rings. The summed E-state index contributed by atoms with van der Waals surface area (Å²) < 4.78 is 0. The van der Waals surface area contributed by atoms with E-state index in [1.165, 1.54) is 25.7 Å². The van der Waals surface area contributed by atoms with Crippen LogP contribution in [-0.4, -0.2) is 41.0 Å². The Bertz CT molecular complexity index is 438. The first-order valence-corrected chi connectivity index (χ1v) is 7.60. The largest absolute Gasteiger partial charge is 0.383 e. The summed E-state index contributed by atoms with van der Waals surface area (Å²) in [5.74, 6) is 1.52. The zero-order valence-electron chi connectivity index (χ0n) is 12.9. The van der Waals surface area contributed by atoms with Crippen molar-refractivity contribution in [2.45, 2.75) is 51.0 Å². The molecule has 1 heterocycles. The number of hydrogen-bond donors (Lipinski definition) is 2. The van der Waals surface area contributed by atoms with Gasteiger partial charge in [-0.15, -0.1) is 0 Å². The molecule has 0 aromatic carbocycles. The van der Waals surface area contributed by atoms with Gasteiger partial charge in [0.2, 0.25) is 0 Å². The van der Waals surface area contributed by atoms with Crippen LogP contribution in [0.3, 0.4) is 0 Å². The maximum absolute atomic E-state index is 5.98. The predicted octanol–water partition coefficient (Wildman–Crippen LogP) is 2.30. The van der Waals surface area contributed by atoms with Crippen molar-refractivity contribution in [1.29, 1.82) is 0 Å². The van der Waals surface area contributed by atoms with Gasteiger partial charge in [0.25, 0.3) is 0 Å². The van der Waals surface area contributed by atoms with Crippen LogP contribution < -0.4 is 11.1 Å². The van der Waals surface area contributed by atoms with Crippen molar-refractivity contribution in [2.24, 2.45) is 0 Å². The van der Waals surface area contributed by atoms with E-state index in [0.717, 1.165) is 30.8 Å². The Kier molecular flexibility index (Phi) is 4.81. The van der Waals surface area contributed by atoms with Gasteiger partial charge in [-0.05, 0) is 33.4 Å². The van der Waals surface area contributed by atoms with Crippen LogP contribution in [0.1, 0.15) is 44.6 Å². The molecule has 1 aliphatic carbocycles. The van der Waals surface area contributed by atoms with Crippen LogP contribution in [0.4, 0.5) is 11.6 Å². The fourth-order valence-electron chi connectivity index (χ4n) is 3.14. The minimum absolute atomic E-state index is 0.253. The van der Waals surface area contributed by atoms with E-state index >= 15 is 0 Å². The summed E-state index contributed by atoms with van der Waals surface area (Å²) in [6, 6.07) is 0. The van der Waals surface area contributed by atoms with Crippen LogP contribution in [0.25, 0.3) is 0 Å². The average Bonchev–Trinajstić information content (AvgIpc) is 2.90. The normalized spacial score (nSPS) is 17.6. The minimum Gasteiger partial charge on any atom is -0.383 e. The van der Waals surface area contributed by atoms with Crippen molar-refractivity contribution in [3.8, 4) is 0 Å². The number of aromatic nitrogens is 2. The molecule has 1 saturated carbocycles. The molecule has 0 atom stereocenters. The van der Waals surface area contributed by atoms with E-state index in [0.29, 0.717) is 5.82 Å². The molecular weight excluding hydrogens is 250 g/mol. The fraction of sp³-hybridized carbons (Fsp3) is 0.733. The third kappa shape index (κ3) is 3.03. The zero-order valence-corrected chi connectivity index (χ0v) is 12.9. The Morgan fingerprint density at radius 3 is 2.60 bits per heavy atom. The van der Waals surface area contributed by atoms with E-state index in [9.17, 15) is 0 Å². The highest BCUT2D eigenvalue weighted by atomic mass is 15.2. The molecule has 2 rings (SSSR count). The summed E-state index contributed by atoms with van der Waals surface area (Å²) in [5.41, 5.74) is 7.29. The second-order valence-electron chi connectivity index (χ2n) is 6.02. The zero-order chi connectivity index (χ0) is 14.6. The number of nitrogens with one attached hydrogen (secondary N) is 1. The molecule has 1 fully saturated rings. The number of anilines is 2. The lowest BCUT2D eigenvalue weighted by molar-refractivity contribution is 0.172. The lowest BCUT2D eigenvalue weighted by Gasteiger charge is -2.36. The van der Waals surface area contributed by atoms with Crippen LogP contribution in [-0.2, 0) is 6.42 Å². The van der Waals surface area contributed by atoms with Crippen molar-refractivity contribution in [1.82, 2.24) is 14.9 Å². The Labute approximate surface area is 122 Å². The van der Waals surface area contributed by atoms with E-state index in [-0.39, 0.29) is 5.54 Å². The van der Waals surface area contributed by atoms with Gasteiger partial charge in [-0.1, -0.05) is 26.2 Å². The van der Waals surface area contributed by atoms with Crippen molar-refractivity contribution >= 4 is 11.6 Å². The van der Waals surface area contributed by atoms with Gasteiger partial charge < -0.3 is 16.0 Å². The topological polar surface area (TPSA) is 67.1 Å². The highest BCUT2D eigenvalue weighted by Crippen LogP contribution is 2.34. The molecule has 20 heavy (non-hydrogen) atoms. The molecule has 112 valence electrons. The van der Waals surface area contributed by atoms with Gasteiger partial charge in [0, 0.05) is 17.6 Å². The van der Waals surface area contributed by atoms with Gasteiger partial charge in [0.05, 0.1) is 0 Å². The maximum atomic E-state index is 5.98. The lowest BCUT2D eigenvalue weighted by Crippen LogP contribution is -2.47. The van der Waals surface area contributed by atoms with E-state index in [1.807, 2.05) is 0 Å². The van der Waals surface area contributed by atoms with E-state index in [4.69, 9.17) is 5.73 Å². The van der Waals surface area contributed by atoms with Gasteiger partial charge in [-0.3, -0.25) is 0 Å². The molecule has 0 spiro atoms. The van der Waals surface area contributed by atoms with Crippen LogP contribution in [0.15, 0.2) is 6.33 Å². The quantitative estimate of drug-likeness (QED) is 0.835. The van der Waals surface area contributed by atoms with E-state index in [2.05, 4.69) is 41.2 Å². The summed E-state index contributed by atoms with van der Waals surface area (Å²) in [7, 11) is 4.35. The van der Waals surface area contributed by atoms with Crippen molar-refractivity contribution in [3.63, 3.8) is 0 Å². The molecule has 0 radical (unpaired) electrons. The summed E-state index contributed by atoms with van der Waals surface area (Å²) in [4.78, 5) is 10.9. The molecule has 0 amide bonds. The Morgan fingerprint density at radius 1 is 1.30 bits per heavy atom. The highest BCUT2D eigenvalue weighted by Gasteiger charge is 2.35. The molecule has 0 bridgehead atoms. The first-order chi connectivity index (χ1) is 9.59. The number of rotatable bonds is 6. The van der Waals surface area contributed by atoms with Gasteiger partial charge in [-0.2, -0.15) is 0 Å². The second-order valence-corrected chi connectivity index (χ2v) is 6.02. The van der Waals surface area contributed by atoms with Gasteiger partial charge >= 0.3 is 0 Å². The Balaban J connectivity index is 2.12. The van der Waals surface area contributed by atoms with Crippen molar-refractivity contribution in [3.05, 3.63) is 11.9 Å². The smallest absolute Gasteiger partial charge is 0.134 e. The molecule has 0 unspecified atom stereocenters. The first-order valence-electron chi connectivity index (χ1n) is 7.60. The molecule has 1 aromatic rings. The second kappa shape index (κ2) is 6.39. The molecule has 5 heteroatoms. The molecule has 5 nitrogen and oxygen atoms in total. The number of hydrogen-bond acceptors (Lipinski definition) is 5. The fourth-order valence-corrected chi connectivity index (χ4v) is 3.14. The monoisotopic (exact) mass is 277 g/mol. The number of nitrogen functional groups attached to an aromatic ring is 1. The van der Waals surface area contributed by atoms with Gasteiger partial charge in [0.1, 0.15) is 18.0 Å². The standard InChI is InChI=1S/C15H27N5/c1-4-7-12-13(16)18-11-19-14(12)17-10-15(20(2)3)8-5-6-9-15/h11H,4-10H2,1-3H3,(H3,16,17,18,19). The van der Waals surface area contributed by atoms with E-state index in [1.54, 1.807) is 6.33 Å². The summed E-state index contributed by atoms with van der Waals surface area (Å²) in [6.07, 6.45) is 8.64. The van der Waals surface area contributed by atoms with Crippen LogP contribution in [0, 0.1) is 0 Å². The minimum atomic E-state index is 0.253. The SMILES string of the molecule is CCCc1c(N)ncnc1NCC1(N(C)C)CCCC1. The summed E-state index contributed by atoms with van der Waals surface area (Å²) >= 11 is 0. The number of likely N-dealkylation sites (N-methyl/N-ethyl adjacent to an activating group) is 1. The van der Waals surface area contributed by atoms with Crippen molar-refractivity contribution < 1.29 is 0 Å². The average molecular weight is 277 g/mol. The molecule has 0 saturated heterocycles. The highest BCUT2D eigenvalue weighted by molar-refractivity contribution is 5.55. The van der Waals surface area contributed by atoms with Gasteiger partial charge in [0.15, 0.2) is 0 Å². The molecular formula is C15H27N5. The van der Waals surface area contributed by atoms with E-state index < -0.39 is 0 Å². The van der Waals surface area contributed by atoms with Crippen LogP contribution >= 0.6 is 0 Å². The summed E-state index contributed by atoms with van der Waals surface area (Å²) in [6.45, 7) is 3.07. The first kappa shape index (κ1) is 15.0. The molecule has 3 N–H and O–H groups in total. The maximum Gasteiger partial charge on any atom is 0.134 e.